The lowest BCUT2D eigenvalue weighted by molar-refractivity contribution is 0.224. The summed E-state index contributed by atoms with van der Waals surface area (Å²) in [6.07, 6.45) is 0. The van der Waals surface area contributed by atoms with Gasteiger partial charge in [-0.15, -0.1) is 0 Å². The molecular weight excluding hydrogens is 302 g/mol. The molecule has 0 bridgehead atoms. The van der Waals surface area contributed by atoms with Gasteiger partial charge in [-0.3, -0.25) is 5.43 Å². The topological polar surface area (TPSA) is 53.6 Å². The minimum absolute atomic E-state index is 0.324. The quantitative estimate of drug-likeness (QED) is 0.707. The Morgan fingerprint density at radius 1 is 0.917 bits per heavy atom. The molecule has 122 valence electrons. The molecule has 0 heterocycles. The van der Waals surface area contributed by atoms with Crippen molar-refractivity contribution in [3.63, 3.8) is 0 Å². The van der Waals surface area contributed by atoms with Crippen LogP contribution in [0.25, 0.3) is 10.8 Å². The fourth-order valence-electron chi connectivity index (χ4n) is 2.37. The Bertz CT molecular complexity index is 862. The lowest BCUT2D eigenvalue weighted by atomic mass is 10.1. The number of hydrogen-bond donors (Lipinski definition) is 2. The highest BCUT2D eigenvalue weighted by Crippen LogP contribution is 2.31. The fraction of sp³-hybridized carbons (Fsp3) is 0.105. The average molecular weight is 321 g/mol. The van der Waals surface area contributed by atoms with Gasteiger partial charge in [-0.1, -0.05) is 42.5 Å². The van der Waals surface area contributed by atoms with E-state index >= 15 is 0 Å². The third-order valence-corrected chi connectivity index (χ3v) is 3.41. The van der Waals surface area contributed by atoms with Crippen molar-refractivity contribution >= 4 is 22.5 Å². The predicted molar refractivity (Wildman–Crippen MR) is 96.3 cm³/mol. The van der Waals surface area contributed by atoms with E-state index in [2.05, 4.69) is 16.8 Å². The molecule has 5 heteroatoms. The van der Waals surface area contributed by atoms with Crippen LogP contribution in [0.3, 0.4) is 0 Å². The van der Waals surface area contributed by atoms with Crippen molar-refractivity contribution in [2.75, 3.05) is 19.4 Å². The van der Waals surface area contributed by atoms with Crippen molar-refractivity contribution in [2.45, 2.75) is 0 Å². The number of fused-ring (bicyclic) bond motifs is 1. The number of hydrogen-bond acceptors (Lipinski definition) is 3. The Morgan fingerprint density at radius 2 is 1.62 bits per heavy atom. The highest BCUT2D eigenvalue weighted by molar-refractivity contribution is 5.90. The van der Waals surface area contributed by atoms with Gasteiger partial charge >= 0.3 is 6.03 Å². The first-order chi connectivity index (χ1) is 11.6. The number of nitrogens with zero attached hydrogens (tertiary/aromatic N) is 1. The third kappa shape index (κ3) is 3.83. The number of carbonyl (C=O) groups is 1. The van der Waals surface area contributed by atoms with Gasteiger partial charge in [-0.05, 0) is 35.0 Å². The van der Waals surface area contributed by atoms with E-state index in [0.717, 1.165) is 16.5 Å². The van der Waals surface area contributed by atoms with Crippen LogP contribution in [0.5, 0.6) is 11.5 Å². The molecule has 0 saturated carbocycles. The van der Waals surface area contributed by atoms with E-state index in [1.807, 2.05) is 54.6 Å². The van der Waals surface area contributed by atoms with Crippen LogP contribution in [-0.2, 0) is 0 Å². The van der Waals surface area contributed by atoms with Gasteiger partial charge in [0.15, 0.2) is 5.75 Å². The summed E-state index contributed by atoms with van der Waals surface area (Å²) in [4.78, 5) is 11.9. The standard InChI is InChI=1S/C19H19N3O2/c1-22(2)21-19(23)20-17-9-5-6-10-18(17)24-16-12-11-14-7-3-4-8-15(14)13-16/h3-13H,1-2H3,(H2,20,21,23). The van der Waals surface area contributed by atoms with Crippen LogP contribution in [0.2, 0.25) is 0 Å². The molecule has 0 radical (unpaired) electrons. The molecule has 0 saturated heterocycles. The van der Waals surface area contributed by atoms with Crippen LogP contribution in [0.1, 0.15) is 0 Å². The molecule has 0 aromatic heterocycles. The molecule has 0 fully saturated rings. The van der Waals surface area contributed by atoms with Crippen molar-refractivity contribution in [3.8, 4) is 11.5 Å². The highest BCUT2D eigenvalue weighted by Gasteiger charge is 2.09. The number of hydrazine groups is 1. The Balaban J connectivity index is 1.82. The van der Waals surface area contributed by atoms with E-state index in [1.165, 1.54) is 0 Å². The SMILES string of the molecule is CN(C)NC(=O)Nc1ccccc1Oc1ccc2ccccc2c1. The second kappa shape index (κ2) is 7.02. The number of amides is 2. The van der Waals surface area contributed by atoms with E-state index in [4.69, 9.17) is 4.74 Å². The first-order valence-corrected chi connectivity index (χ1v) is 7.62. The monoisotopic (exact) mass is 321 g/mol. The van der Waals surface area contributed by atoms with Crippen molar-refractivity contribution in [1.82, 2.24) is 10.4 Å². The largest absolute Gasteiger partial charge is 0.455 e. The number of benzene rings is 3. The number of ether oxygens (including phenoxy) is 1. The summed E-state index contributed by atoms with van der Waals surface area (Å²) in [7, 11) is 3.49. The lowest BCUT2D eigenvalue weighted by Crippen LogP contribution is -2.39. The van der Waals surface area contributed by atoms with E-state index in [0.29, 0.717) is 11.4 Å². The summed E-state index contributed by atoms with van der Waals surface area (Å²) in [5.74, 6) is 1.30. The van der Waals surface area contributed by atoms with Gasteiger partial charge in [0.1, 0.15) is 5.75 Å². The molecular formula is C19H19N3O2. The first kappa shape index (κ1) is 15.8. The Labute approximate surface area is 140 Å². The summed E-state index contributed by atoms with van der Waals surface area (Å²) in [5.41, 5.74) is 3.24. The maximum atomic E-state index is 11.9. The summed E-state index contributed by atoms with van der Waals surface area (Å²) >= 11 is 0. The van der Waals surface area contributed by atoms with Crippen LogP contribution in [0.4, 0.5) is 10.5 Å². The van der Waals surface area contributed by atoms with Crippen LogP contribution >= 0.6 is 0 Å². The number of anilines is 1. The smallest absolute Gasteiger partial charge is 0.333 e. The van der Waals surface area contributed by atoms with E-state index in [9.17, 15) is 4.79 Å². The van der Waals surface area contributed by atoms with Crippen LogP contribution < -0.4 is 15.5 Å². The van der Waals surface area contributed by atoms with Crippen LogP contribution in [0.15, 0.2) is 66.7 Å². The van der Waals surface area contributed by atoms with Gasteiger partial charge in [0.2, 0.25) is 0 Å². The van der Waals surface area contributed by atoms with Gasteiger partial charge in [-0.2, -0.15) is 0 Å². The third-order valence-electron chi connectivity index (χ3n) is 3.41. The van der Waals surface area contributed by atoms with Gasteiger partial charge in [0.05, 0.1) is 5.69 Å². The number of urea groups is 1. The zero-order valence-corrected chi connectivity index (χ0v) is 13.6. The second-order valence-electron chi connectivity index (χ2n) is 5.57. The Kier molecular flexibility index (Phi) is 4.63. The van der Waals surface area contributed by atoms with Crippen molar-refractivity contribution < 1.29 is 9.53 Å². The molecule has 3 rings (SSSR count). The molecule has 3 aromatic carbocycles. The summed E-state index contributed by atoms with van der Waals surface area (Å²) in [5, 5.41) is 6.61. The zero-order valence-electron chi connectivity index (χ0n) is 13.6. The van der Waals surface area contributed by atoms with Gasteiger partial charge in [0, 0.05) is 14.1 Å². The predicted octanol–water partition coefficient (Wildman–Crippen LogP) is 4.23. The van der Waals surface area contributed by atoms with Gasteiger partial charge in [0.25, 0.3) is 0 Å². The van der Waals surface area contributed by atoms with Gasteiger partial charge in [-0.25, -0.2) is 9.80 Å². The molecule has 5 nitrogen and oxygen atoms in total. The highest BCUT2D eigenvalue weighted by atomic mass is 16.5. The van der Waals surface area contributed by atoms with E-state index < -0.39 is 0 Å². The Hall–Kier alpha value is -3.05. The molecule has 24 heavy (non-hydrogen) atoms. The fourth-order valence-corrected chi connectivity index (χ4v) is 2.37. The molecule has 0 spiro atoms. The maximum Gasteiger partial charge on any atom is 0.333 e. The first-order valence-electron chi connectivity index (χ1n) is 7.62. The second-order valence-corrected chi connectivity index (χ2v) is 5.57. The molecule has 0 unspecified atom stereocenters. The van der Waals surface area contributed by atoms with Gasteiger partial charge < -0.3 is 10.1 Å². The average Bonchev–Trinajstić information content (AvgIpc) is 2.56. The summed E-state index contributed by atoms with van der Waals surface area (Å²) in [6, 6.07) is 21.0. The molecule has 2 amide bonds. The zero-order chi connectivity index (χ0) is 16.9. The number of nitrogens with one attached hydrogen (secondary N) is 2. The van der Waals surface area contributed by atoms with Crippen molar-refractivity contribution in [1.29, 1.82) is 0 Å². The maximum absolute atomic E-state index is 11.9. The van der Waals surface area contributed by atoms with Crippen LogP contribution in [-0.4, -0.2) is 25.1 Å². The molecule has 0 aliphatic heterocycles. The number of carbonyl (C=O) groups excluding carboxylic acids is 1. The molecule has 0 aliphatic rings. The molecule has 3 aromatic rings. The molecule has 2 N–H and O–H groups in total. The number of para-hydroxylation sites is 2. The Morgan fingerprint density at radius 3 is 2.42 bits per heavy atom. The summed E-state index contributed by atoms with van der Waals surface area (Å²) in [6.45, 7) is 0. The lowest BCUT2D eigenvalue weighted by Gasteiger charge is -2.15. The van der Waals surface area contributed by atoms with Crippen LogP contribution in [0, 0.1) is 0 Å². The molecule has 0 aliphatic carbocycles. The van der Waals surface area contributed by atoms with E-state index in [1.54, 1.807) is 25.2 Å². The van der Waals surface area contributed by atoms with E-state index in [-0.39, 0.29) is 6.03 Å². The van der Waals surface area contributed by atoms with Crippen molar-refractivity contribution in [3.05, 3.63) is 66.7 Å². The normalized spacial score (nSPS) is 10.6. The summed E-state index contributed by atoms with van der Waals surface area (Å²) < 4.78 is 5.97. The number of rotatable bonds is 4. The van der Waals surface area contributed by atoms with Crippen molar-refractivity contribution in [2.24, 2.45) is 0 Å². The minimum Gasteiger partial charge on any atom is -0.455 e. The molecule has 0 atom stereocenters. The minimum atomic E-state index is -0.324.